The lowest BCUT2D eigenvalue weighted by Gasteiger charge is -2.36. The van der Waals surface area contributed by atoms with Crippen LogP contribution in [0, 0.1) is 17.6 Å². The molecule has 0 unspecified atom stereocenters. The van der Waals surface area contributed by atoms with Crippen molar-refractivity contribution in [2.24, 2.45) is 5.92 Å². The monoisotopic (exact) mass is 571 g/mol. The Morgan fingerprint density at radius 1 is 0.800 bits per heavy atom. The first-order chi connectivity index (χ1) is 19.0. The lowest BCUT2D eigenvalue weighted by atomic mass is 9.76. The van der Waals surface area contributed by atoms with E-state index in [0.717, 1.165) is 37.1 Å². The number of piperidine rings is 1. The molecule has 3 aromatic carbocycles. The fourth-order valence-corrected chi connectivity index (χ4v) is 6.03. The molecule has 4 rings (SSSR count). The molecular weight excluding hydrogens is 540 g/mol. The molecule has 0 spiro atoms. The number of nitrogens with zero attached hydrogens (tertiary/aromatic N) is 1. The third-order valence-corrected chi connectivity index (χ3v) is 8.42. The van der Waals surface area contributed by atoms with Crippen LogP contribution in [0.4, 0.5) is 8.78 Å². The third kappa shape index (κ3) is 9.39. The Hall–Kier alpha value is -3.89. The number of carbonyl (C=O) groups is 2. The van der Waals surface area contributed by atoms with Gasteiger partial charge in [-0.2, -0.15) is 0 Å². The number of rotatable bonds is 9. The Kier molecular flexibility index (Phi) is 11.1. The molecule has 0 aliphatic carbocycles. The highest BCUT2D eigenvalue weighted by molar-refractivity contribution is 7.91. The molecule has 1 fully saturated rings. The summed E-state index contributed by atoms with van der Waals surface area (Å²) >= 11 is 0. The number of sulfone groups is 1. The largest absolute Gasteiger partial charge is 0.478 e. The van der Waals surface area contributed by atoms with Crippen LogP contribution in [0.3, 0.4) is 0 Å². The maximum absolute atomic E-state index is 13.5. The molecule has 40 heavy (non-hydrogen) atoms. The quantitative estimate of drug-likeness (QED) is 0.348. The van der Waals surface area contributed by atoms with E-state index in [9.17, 15) is 26.8 Å². The second kappa shape index (κ2) is 14.5. The molecule has 0 bridgehead atoms. The fourth-order valence-electron chi connectivity index (χ4n) is 4.72. The minimum atomic E-state index is -3.30. The van der Waals surface area contributed by atoms with E-state index in [-0.39, 0.29) is 23.3 Å². The molecule has 0 atom stereocenters. The Labute approximate surface area is 232 Å². The molecule has 7 nitrogen and oxygen atoms in total. The number of hydrogen-bond donors (Lipinski definition) is 2. The first-order valence-electron chi connectivity index (χ1n) is 12.7. The van der Waals surface area contributed by atoms with Crippen molar-refractivity contribution < 1.29 is 37.0 Å². The van der Waals surface area contributed by atoms with E-state index < -0.39 is 21.8 Å². The van der Waals surface area contributed by atoms with E-state index in [1.54, 1.807) is 24.3 Å². The van der Waals surface area contributed by atoms with Crippen molar-refractivity contribution in [3.8, 4) is 0 Å². The maximum Gasteiger partial charge on any atom is 0.328 e. The van der Waals surface area contributed by atoms with E-state index in [1.165, 1.54) is 24.3 Å². The number of aliphatic carboxylic acids is 2. The lowest BCUT2D eigenvalue weighted by Crippen LogP contribution is -2.38. The second-order valence-electron chi connectivity index (χ2n) is 9.40. The van der Waals surface area contributed by atoms with Crippen LogP contribution in [0.25, 0.3) is 0 Å². The molecule has 1 saturated heterocycles. The third-order valence-electron chi connectivity index (χ3n) is 6.71. The molecule has 2 N–H and O–H groups in total. The Balaban J connectivity index is 0.000000482. The maximum atomic E-state index is 13.5. The zero-order valence-electron chi connectivity index (χ0n) is 21.7. The van der Waals surface area contributed by atoms with E-state index in [1.807, 2.05) is 30.3 Å². The Morgan fingerprint density at radius 3 is 1.68 bits per heavy atom. The van der Waals surface area contributed by atoms with Crippen LogP contribution in [0.5, 0.6) is 0 Å². The number of halogens is 2. The van der Waals surface area contributed by atoms with E-state index in [4.69, 9.17) is 10.2 Å². The predicted molar refractivity (Wildman–Crippen MR) is 147 cm³/mol. The summed E-state index contributed by atoms with van der Waals surface area (Å²) in [4.78, 5) is 21.7. The molecule has 10 heteroatoms. The normalized spacial score (nSPS) is 14.6. The summed E-state index contributed by atoms with van der Waals surface area (Å²) in [7, 11) is -3.30. The van der Waals surface area contributed by atoms with E-state index in [2.05, 4.69) is 4.90 Å². The molecule has 1 aliphatic heterocycles. The summed E-state index contributed by atoms with van der Waals surface area (Å²) in [5, 5.41) is 15.6. The van der Waals surface area contributed by atoms with Gasteiger partial charge in [0.15, 0.2) is 9.84 Å². The first kappa shape index (κ1) is 30.6. The number of carboxylic acid groups (broad SMARTS) is 2. The van der Waals surface area contributed by atoms with Crippen molar-refractivity contribution in [1.29, 1.82) is 0 Å². The van der Waals surface area contributed by atoms with Crippen molar-refractivity contribution in [1.82, 2.24) is 4.90 Å². The molecule has 0 radical (unpaired) electrons. The summed E-state index contributed by atoms with van der Waals surface area (Å²) in [6.45, 7) is 2.10. The van der Waals surface area contributed by atoms with Gasteiger partial charge in [-0.1, -0.05) is 42.5 Å². The molecule has 0 saturated carbocycles. The summed E-state index contributed by atoms with van der Waals surface area (Å²) in [5.74, 6) is -2.61. The number of hydrogen-bond acceptors (Lipinski definition) is 5. The van der Waals surface area contributed by atoms with Crippen molar-refractivity contribution >= 4 is 21.8 Å². The van der Waals surface area contributed by atoms with E-state index in [0.29, 0.717) is 29.5 Å². The van der Waals surface area contributed by atoms with Crippen LogP contribution < -0.4 is 0 Å². The molecule has 3 aromatic rings. The van der Waals surface area contributed by atoms with Gasteiger partial charge >= 0.3 is 11.9 Å². The molecule has 0 amide bonds. The van der Waals surface area contributed by atoms with Gasteiger partial charge in [0.1, 0.15) is 11.6 Å². The molecule has 1 heterocycles. The van der Waals surface area contributed by atoms with Gasteiger partial charge in [-0.15, -0.1) is 0 Å². The highest BCUT2D eigenvalue weighted by Crippen LogP contribution is 2.38. The van der Waals surface area contributed by atoms with Crippen molar-refractivity contribution in [2.75, 3.05) is 25.4 Å². The zero-order valence-corrected chi connectivity index (χ0v) is 22.5. The summed E-state index contributed by atoms with van der Waals surface area (Å²) in [6, 6.07) is 21.7. The topological polar surface area (TPSA) is 112 Å². The van der Waals surface area contributed by atoms with Gasteiger partial charge in [-0.05, 0) is 79.4 Å². The number of carboxylic acids is 2. The Morgan fingerprint density at radius 2 is 1.25 bits per heavy atom. The average Bonchev–Trinajstić information content (AvgIpc) is 2.94. The highest BCUT2D eigenvalue weighted by Gasteiger charge is 2.29. The van der Waals surface area contributed by atoms with Crippen LogP contribution >= 0.6 is 0 Å². The number of likely N-dealkylation sites (tertiary alicyclic amines) is 1. The average molecular weight is 572 g/mol. The van der Waals surface area contributed by atoms with Crippen molar-refractivity contribution in [3.63, 3.8) is 0 Å². The van der Waals surface area contributed by atoms with Crippen LogP contribution in [-0.4, -0.2) is 60.9 Å². The second-order valence-corrected chi connectivity index (χ2v) is 11.5. The summed E-state index contributed by atoms with van der Waals surface area (Å²) in [5.41, 5.74) is 2.03. The van der Waals surface area contributed by atoms with Crippen LogP contribution in [0.1, 0.15) is 29.9 Å². The Bertz CT molecular complexity index is 1320. The zero-order chi connectivity index (χ0) is 29.1. The van der Waals surface area contributed by atoms with Gasteiger partial charge in [0.25, 0.3) is 0 Å². The first-order valence-corrected chi connectivity index (χ1v) is 14.4. The van der Waals surface area contributed by atoms with Gasteiger partial charge in [0.2, 0.25) is 0 Å². The minimum absolute atomic E-state index is 0.0476. The lowest BCUT2D eigenvalue weighted by molar-refractivity contribution is -0.134. The SMILES string of the molecule is O=C(O)C=CC(=O)O.O=S(=O)(CCN1CCC(C(c2ccc(F)cc2)c2ccc(F)cc2)CC1)c1ccccc1. The summed E-state index contributed by atoms with van der Waals surface area (Å²) in [6.07, 6.45) is 2.90. The molecule has 0 aromatic heterocycles. The van der Waals surface area contributed by atoms with Gasteiger partial charge in [-0.25, -0.2) is 26.8 Å². The number of benzene rings is 3. The van der Waals surface area contributed by atoms with Gasteiger partial charge in [0.05, 0.1) is 10.6 Å². The van der Waals surface area contributed by atoms with Crippen molar-refractivity contribution in [2.45, 2.75) is 23.7 Å². The standard InChI is InChI=1S/C26H27F2NO2S.C4H4O4/c27-23-10-6-20(7-11-23)26(21-8-12-24(28)13-9-21)22-14-16-29(17-15-22)18-19-32(30,31)25-4-2-1-3-5-25;5-3(6)1-2-4(7)8/h1-13,22,26H,14-19H2;1-2H,(H,5,6)(H,7,8). The molecular formula is C30H31F2NO6S. The summed E-state index contributed by atoms with van der Waals surface area (Å²) < 4.78 is 52.2. The van der Waals surface area contributed by atoms with E-state index >= 15 is 0 Å². The van der Waals surface area contributed by atoms with Gasteiger partial charge in [0, 0.05) is 24.6 Å². The fraction of sp³-hybridized carbons (Fsp3) is 0.267. The van der Waals surface area contributed by atoms with Crippen LogP contribution in [0.2, 0.25) is 0 Å². The molecule has 212 valence electrons. The van der Waals surface area contributed by atoms with Crippen LogP contribution in [-0.2, 0) is 19.4 Å². The van der Waals surface area contributed by atoms with Gasteiger partial charge < -0.3 is 15.1 Å². The van der Waals surface area contributed by atoms with Crippen molar-refractivity contribution in [3.05, 3.63) is 114 Å². The predicted octanol–water partition coefficient (Wildman–Crippen LogP) is 4.99. The molecule has 1 aliphatic rings. The highest BCUT2D eigenvalue weighted by atomic mass is 32.2. The minimum Gasteiger partial charge on any atom is -0.478 e. The van der Waals surface area contributed by atoms with Crippen LogP contribution in [0.15, 0.2) is 95.9 Å². The smallest absolute Gasteiger partial charge is 0.328 e. The van der Waals surface area contributed by atoms with Gasteiger partial charge in [-0.3, -0.25) is 0 Å².